The van der Waals surface area contributed by atoms with Gasteiger partial charge in [-0.15, -0.1) is 0 Å². The summed E-state index contributed by atoms with van der Waals surface area (Å²) in [5.41, 5.74) is 7.01. The number of aliphatic hydroxyl groups excluding tert-OH is 1. The first kappa shape index (κ1) is 16.3. The van der Waals surface area contributed by atoms with Gasteiger partial charge < -0.3 is 25.6 Å². The van der Waals surface area contributed by atoms with E-state index in [0.717, 1.165) is 10.9 Å². The Balaban J connectivity index is 1.57. The first-order chi connectivity index (χ1) is 12.6. The minimum atomic E-state index is -0.720. The van der Waals surface area contributed by atoms with Gasteiger partial charge in [-0.05, 0) is 12.1 Å². The van der Waals surface area contributed by atoms with Gasteiger partial charge in [0.15, 0.2) is 0 Å². The number of carbonyl (C=O) groups is 1. The number of carbonyl (C=O) groups excluding carboxylic acids is 1. The van der Waals surface area contributed by atoms with Crippen molar-refractivity contribution in [2.24, 2.45) is 0 Å². The van der Waals surface area contributed by atoms with Crippen LogP contribution in [0.25, 0.3) is 10.9 Å². The van der Waals surface area contributed by atoms with E-state index >= 15 is 0 Å². The summed E-state index contributed by atoms with van der Waals surface area (Å²) in [7, 11) is 0. The number of hydrogen-bond acceptors (Lipinski definition) is 7. The van der Waals surface area contributed by atoms with Crippen LogP contribution in [0.4, 0.5) is 11.9 Å². The molecule has 4 N–H and O–H groups in total. The number of hydrogen-bond donors (Lipinski definition) is 3. The van der Waals surface area contributed by atoms with E-state index in [4.69, 9.17) is 5.73 Å². The highest BCUT2D eigenvalue weighted by molar-refractivity contribution is 6.05. The van der Waals surface area contributed by atoms with Crippen molar-refractivity contribution in [3.63, 3.8) is 0 Å². The number of anilines is 2. The third-order valence-corrected chi connectivity index (χ3v) is 4.47. The molecule has 0 radical (unpaired) electrons. The first-order valence-corrected chi connectivity index (χ1v) is 8.35. The standard InChI is InChI=1S/C17H19N7O2/c18-16-20-10-21-17(22-16)24-7-6-23(8-12(25)9-24)15(26)13-3-1-2-11-4-5-19-14(11)13/h1-5,10,12,19,25H,6-9H2,(H2,18,20,21,22). The number of H-pyrrole nitrogens is 1. The van der Waals surface area contributed by atoms with Gasteiger partial charge >= 0.3 is 0 Å². The molecule has 1 atom stereocenters. The molecule has 0 saturated carbocycles. The van der Waals surface area contributed by atoms with Gasteiger partial charge in [0.25, 0.3) is 5.91 Å². The van der Waals surface area contributed by atoms with E-state index < -0.39 is 6.10 Å². The van der Waals surface area contributed by atoms with Crippen LogP contribution in [0.15, 0.2) is 36.8 Å². The van der Waals surface area contributed by atoms with Gasteiger partial charge in [-0.3, -0.25) is 4.79 Å². The lowest BCUT2D eigenvalue weighted by atomic mass is 10.1. The molecule has 1 fully saturated rings. The third kappa shape index (κ3) is 3.04. The minimum Gasteiger partial charge on any atom is -0.389 e. The predicted octanol–water partition coefficient (Wildman–Crippen LogP) is 0.258. The van der Waals surface area contributed by atoms with Gasteiger partial charge in [0.1, 0.15) is 6.33 Å². The van der Waals surface area contributed by atoms with Crippen molar-refractivity contribution in [1.82, 2.24) is 24.8 Å². The highest BCUT2D eigenvalue weighted by Crippen LogP contribution is 2.20. The number of aromatic nitrogens is 4. The first-order valence-electron chi connectivity index (χ1n) is 8.35. The lowest BCUT2D eigenvalue weighted by Crippen LogP contribution is -2.37. The molecule has 26 heavy (non-hydrogen) atoms. The fourth-order valence-corrected chi connectivity index (χ4v) is 3.24. The van der Waals surface area contributed by atoms with Gasteiger partial charge in [0.2, 0.25) is 11.9 Å². The Labute approximate surface area is 149 Å². The zero-order valence-corrected chi connectivity index (χ0v) is 14.0. The number of nitrogen functional groups attached to an aromatic ring is 1. The number of fused-ring (bicyclic) bond motifs is 1. The van der Waals surface area contributed by atoms with E-state index in [-0.39, 0.29) is 18.4 Å². The largest absolute Gasteiger partial charge is 0.389 e. The van der Waals surface area contributed by atoms with Crippen LogP contribution in [0.3, 0.4) is 0 Å². The van der Waals surface area contributed by atoms with Gasteiger partial charge in [-0.25, -0.2) is 9.97 Å². The molecule has 0 aliphatic carbocycles. The summed E-state index contributed by atoms with van der Waals surface area (Å²) in [6.07, 6.45) is 2.43. The van der Waals surface area contributed by atoms with Crippen LogP contribution in [0.1, 0.15) is 10.4 Å². The van der Waals surface area contributed by atoms with Crippen molar-refractivity contribution in [2.45, 2.75) is 6.10 Å². The Morgan fingerprint density at radius 1 is 1.23 bits per heavy atom. The average molecular weight is 353 g/mol. The van der Waals surface area contributed by atoms with Crippen LogP contribution in [0, 0.1) is 0 Å². The SMILES string of the molecule is Nc1ncnc(N2CCN(C(=O)c3cccc4cc[nH]c34)CC(O)C2)n1. The molecule has 0 spiro atoms. The number of nitrogens with zero attached hydrogens (tertiary/aromatic N) is 5. The number of benzene rings is 1. The highest BCUT2D eigenvalue weighted by atomic mass is 16.3. The molecule has 1 aromatic carbocycles. The van der Waals surface area contributed by atoms with E-state index in [9.17, 15) is 9.90 Å². The maximum absolute atomic E-state index is 13.0. The van der Waals surface area contributed by atoms with Crippen LogP contribution in [-0.4, -0.2) is 68.1 Å². The van der Waals surface area contributed by atoms with E-state index in [0.29, 0.717) is 31.1 Å². The normalized spacial score (nSPS) is 18.1. The Kier molecular flexibility index (Phi) is 4.13. The molecule has 1 aliphatic rings. The van der Waals surface area contributed by atoms with Gasteiger partial charge in [-0.2, -0.15) is 4.98 Å². The maximum Gasteiger partial charge on any atom is 0.256 e. The molecule has 2 aromatic heterocycles. The quantitative estimate of drug-likeness (QED) is 0.603. The van der Waals surface area contributed by atoms with E-state index in [1.54, 1.807) is 11.0 Å². The van der Waals surface area contributed by atoms with E-state index in [2.05, 4.69) is 19.9 Å². The number of aromatic amines is 1. The molecule has 1 saturated heterocycles. The summed E-state index contributed by atoms with van der Waals surface area (Å²) in [5.74, 6) is 0.409. The summed E-state index contributed by atoms with van der Waals surface area (Å²) in [6, 6.07) is 7.53. The number of aliphatic hydroxyl groups is 1. The van der Waals surface area contributed by atoms with E-state index in [1.165, 1.54) is 6.33 Å². The molecule has 134 valence electrons. The molecule has 9 nitrogen and oxygen atoms in total. The second-order valence-electron chi connectivity index (χ2n) is 6.24. The Morgan fingerprint density at radius 2 is 2.12 bits per heavy atom. The van der Waals surface area contributed by atoms with Gasteiger partial charge in [-0.1, -0.05) is 12.1 Å². The van der Waals surface area contributed by atoms with Gasteiger partial charge in [0.05, 0.1) is 17.2 Å². The summed E-state index contributed by atoms with van der Waals surface area (Å²) in [4.78, 5) is 31.6. The zero-order chi connectivity index (χ0) is 18.1. The smallest absolute Gasteiger partial charge is 0.256 e. The van der Waals surface area contributed by atoms with Crippen LogP contribution in [0.2, 0.25) is 0 Å². The van der Waals surface area contributed by atoms with Crippen molar-refractivity contribution in [2.75, 3.05) is 36.8 Å². The molecular formula is C17H19N7O2. The van der Waals surface area contributed by atoms with Crippen LogP contribution in [0.5, 0.6) is 0 Å². The van der Waals surface area contributed by atoms with Crippen molar-refractivity contribution in [1.29, 1.82) is 0 Å². The zero-order valence-electron chi connectivity index (χ0n) is 14.0. The second kappa shape index (κ2) is 6.60. The minimum absolute atomic E-state index is 0.117. The summed E-state index contributed by atoms with van der Waals surface area (Å²) in [5, 5.41) is 11.4. The summed E-state index contributed by atoms with van der Waals surface area (Å²) in [6.45, 7) is 1.50. The summed E-state index contributed by atoms with van der Waals surface area (Å²) >= 11 is 0. The second-order valence-corrected chi connectivity index (χ2v) is 6.24. The van der Waals surface area contributed by atoms with Crippen molar-refractivity contribution < 1.29 is 9.90 Å². The average Bonchev–Trinajstić information content (AvgIpc) is 3.03. The number of nitrogens with one attached hydrogen (secondary N) is 1. The topological polar surface area (TPSA) is 124 Å². The fraction of sp³-hybridized carbons (Fsp3) is 0.294. The van der Waals surface area contributed by atoms with E-state index in [1.807, 2.05) is 29.3 Å². The molecule has 1 aliphatic heterocycles. The third-order valence-electron chi connectivity index (χ3n) is 4.47. The van der Waals surface area contributed by atoms with Crippen LogP contribution in [-0.2, 0) is 0 Å². The molecule has 0 bridgehead atoms. The molecule has 3 aromatic rings. The Morgan fingerprint density at radius 3 is 2.96 bits per heavy atom. The Bertz CT molecular complexity index is 942. The maximum atomic E-state index is 13.0. The predicted molar refractivity (Wildman–Crippen MR) is 96.7 cm³/mol. The molecule has 3 heterocycles. The summed E-state index contributed by atoms with van der Waals surface area (Å²) < 4.78 is 0. The lowest BCUT2D eigenvalue weighted by molar-refractivity contribution is 0.0675. The molecular weight excluding hydrogens is 334 g/mol. The number of rotatable bonds is 2. The number of nitrogens with two attached hydrogens (primary N) is 1. The van der Waals surface area contributed by atoms with Crippen molar-refractivity contribution in [3.05, 3.63) is 42.4 Å². The fourth-order valence-electron chi connectivity index (χ4n) is 3.24. The number of amides is 1. The lowest BCUT2D eigenvalue weighted by Gasteiger charge is -2.22. The highest BCUT2D eigenvalue weighted by Gasteiger charge is 2.27. The monoisotopic (exact) mass is 353 g/mol. The van der Waals surface area contributed by atoms with Crippen LogP contribution >= 0.6 is 0 Å². The van der Waals surface area contributed by atoms with Crippen molar-refractivity contribution in [3.8, 4) is 0 Å². The van der Waals surface area contributed by atoms with Crippen LogP contribution < -0.4 is 10.6 Å². The molecule has 1 amide bonds. The molecule has 4 rings (SSSR count). The number of β-amino-alcohol motifs (C(OH)–C–C–N with tert-alkyl or cyclic N) is 1. The van der Waals surface area contributed by atoms with Gasteiger partial charge in [0, 0.05) is 37.8 Å². The molecule has 1 unspecified atom stereocenters. The number of para-hydroxylation sites is 1. The van der Waals surface area contributed by atoms with Crippen molar-refractivity contribution >= 4 is 28.7 Å². The molecule has 9 heteroatoms. The Hall–Kier alpha value is -3.20.